The van der Waals surface area contributed by atoms with E-state index in [1.165, 1.54) is 0 Å². The fourth-order valence-corrected chi connectivity index (χ4v) is 3.91. The highest BCUT2D eigenvalue weighted by atomic mass is 16.5. The maximum atomic E-state index is 13.4. The Morgan fingerprint density at radius 1 is 1.10 bits per heavy atom. The van der Waals surface area contributed by atoms with Gasteiger partial charge in [-0.15, -0.1) is 0 Å². The summed E-state index contributed by atoms with van der Waals surface area (Å²) in [6.45, 7) is 6.18. The summed E-state index contributed by atoms with van der Waals surface area (Å²) < 4.78 is 12.1. The van der Waals surface area contributed by atoms with E-state index in [1.807, 2.05) is 31.2 Å². The third-order valence-corrected chi connectivity index (χ3v) is 5.65. The average Bonchev–Trinajstić information content (AvgIpc) is 2.72. The summed E-state index contributed by atoms with van der Waals surface area (Å²) in [5.41, 5.74) is 1.94. The molecule has 1 aromatic carbocycles. The Hall–Kier alpha value is -2.35. The van der Waals surface area contributed by atoms with Gasteiger partial charge in [-0.05, 0) is 37.7 Å². The number of aromatic nitrogens is 1. The molecule has 1 saturated heterocycles. The van der Waals surface area contributed by atoms with Crippen molar-refractivity contribution in [2.75, 3.05) is 54.1 Å². The molecule has 3 rings (SSSR count). The highest BCUT2D eigenvalue weighted by molar-refractivity contribution is 5.42. The topological polar surface area (TPSA) is 67.2 Å². The SMILES string of the molecule is COCCn1c(C)cc(O)c([C@@H](c2ccc(OC)cc2)N2CCN(C)CC2)c1=O. The smallest absolute Gasteiger partial charge is 0.259 e. The van der Waals surface area contributed by atoms with Crippen LogP contribution >= 0.6 is 0 Å². The molecule has 1 N–H and O–H groups in total. The molecular formula is C22H31N3O4. The zero-order chi connectivity index (χ0) is 21.0. The van der Waals surface area contributed by atoms with Gasteiger partial charge in [0.05, 0.1) is 25.3 Å². The highest BCUT2D eigenvalue weighted by Gasteiger charge is 2.30. The van der Waals surface area contributed by atoms with Crippen molar-refractivity contribution < 1.29 is 14.6 Å². The summed E-state index contributed by atoms with van der Waals surface area (Å²) in [6, 6.07) is 9.09. The van der Waals surface area contributed by atoms with Crippen molar-refractivity contribution in [3.63, 3.8) is 0 Å². The van der Waals surface area contributed by atoms with Gasteiger partial charge in [0.25, 0.3) is 5.56 Å². The lowest BCUT2D eigenvalue weighted by molar-refractivity contribution is 0.125. The Bertz CT molecular complexity index is 871. The van der Waals surface area contributed by atoms with Crippen molar-refractivity contribution in [3.05, 3.63) is 57.5 Å². The molecule has 1 aliphatic heterocycles. The minimum absolute atomic E-state index is 0.0425. The highest BCUT2D eigenvalue weighted by Crippen LogP contribution is 2.34. The van der Waals surface area contributed by atoms with Crippen LogP contribution in [0.25, 0.3) is 0 Å². The van der Waals surface area contributed by atoms with Crippen LogP contribution in [0.5, 0.6) is 11.5 Å². The Labute approximate surface area is 172 Å². The lowest BCUT2D eigenvalue weighted by Gasteiger charge is -2.38. The van der Waals surface area contributed by atoms with Gasteiger partial charge in [0, 0.05) is 45.5 Å². The molecule has 0 bridgehead atoms. The van der Waals surface area contributed by atoms with Crippen LogP contribution < -0.4 is 10.3 Å². The van der Waals surface area contributed by atoms with Gasteiger partial charge in [-0.3, -0.25) is 9.69 Å². The van der Waals surface area contributed by atoms with Crippen LogP contribution in [0.1, 0.15) is 22.9 Å². The number of aryl methyl sites for hydroxylation is 1. The van der Waals surface area contributed by atoms with Crippen LogP contribution in [0.3, 0.4) is 0 Å². The second-order valence-corrected chi connectivity index (χ2v) is 7.55. The van der Waals surface area contributed by atoms with Crippen LogP contribution in [-0.2, 0) is 11.3 Å². The van der Waals surface area contributed by atoms with E-state index < -0.39 is 0 Å². The molecule has 1 aliphatic rings. The number of benzene rings is 1. The van der Waals surface area contributed by atoms with Crippen molar-refractivity contribution in [1.82, 2.24) is 14.4 Å². The normalized spacial score (nSPS) is 16.7. The number of likely N-dealkylation sites (N-methyl/N-ethyl adjacent to an activating group) is 1. The summed E-state index contributed by atoms with van der Waals surface area (Å²) in [5, 5.41) is 10.8. The molecule has 7 heteroatoms. The van der Waals surface area contributed by atoms with Gasteiger partial charge in [0.15, 0.2) is 0 Å². The Kier molecular flexibility index (Phi) is 6.95. The van der Waals surface area contributed by atoms with Crippen LogP contribution in [0.4, 0.5) is 0 Å². The molecule has 7 nitrogen and oxygen atoms in total. The van der Waals surface area contributed by atoms with Gasteiger partial charge in [-0.25, -0.2) is 0 Å². The predicted molar refractivity (Wildman–Crippen MR) is 113 cm³/mol. The number of hydrogen-bond acceptors (Lipinski definition) is 6. The molecular weight excluding hydrogens is 370 g/mol. The zero-order valence-corrected chi connectivity index (χ0v) is 17.7. The maximum Gasteiger partial charge on any atom is 0.259 e. The Balaban J connectivity index is 2.11. The molecule has 1 aromatic heterocycles. The van der Waals surface area contributed by atoms with Gasteiger partial charge in [0.1, 0.15) is 11.5 Å². The van der Waals surface area contributed by atoms with Crippen LogP contribution in [0.2, 0.25) is 0 Å². The first-order chi connectivity index (χ1) is 14.0. The molecule has 29 heavy (non-hydrogen) atoms. The van der Waals surface area contributed by atoms with E-state index in [1.54, 1.807) is 24.9 Å². The van der Waals surface area contributed by atoms with E-state index in [0.29, 0.717) is 18.7 Å². The number of methoxy groups -OCH3 is 2. The van der Waals surface area contributed by atoms with Gasteiger partial charge in [0.2, 0.25) is 0 Å². The molecule has 1 fully saturated rings. The predicted octanol–water partition coefficient (Wildman–Crippen LogP) is 1.85. The Morgan fingerprint density at radius 2 is 1.76 bits per heavy atom. The average molecular weight is 402 g/mol. The second kappa shape index (κ2) is 9.43. The quantitative estimate of drug-likeness (QED) is 0.764. The fourth-order valence-electron chi connectivity index (χ4n) is 3.91. The maximum absolute atomic E-state index is 13.4. The van der Waals surface area contributed by atoms with E-state index in [0.717, 1.165) is 43.2 Å². The van der Waals surface area contributed by atoms with Crippen molar-refractivity contribution >= 4 is 0 Å². The van der Waals surface area contributed by atoms with Gasteiger partial charge >= 0.3 is 0 Å². The summed E-state index contributed by atoms with van der Waals surface area (Å²) in [4.78, 5) is 18.0. The van der Waals surface area contributed by atoms with E-state index in [4.69, 9.17) is 9.47 Å². The first-order valence-electron chi connectivity index (χ1n) is 9.95. The molecule has 158 valence electrons. The van der Waals surface area contributed by atoms with Gasteiger partial charge in [-0.2, -0.15) is 0 Å². The monoisotopic (exact) mass is 401 g/mol. The minimum Gasteiger partial charge on any atom is -0.507 e. The van der Waals surface area contributed by atoms with E-state index in [-0.39, 0.29) is 17.4 Å². The molecule has 0 unspecified atom stereocenters. The molecule has 0 amide bonds. The van der Waals surface area contributed by atoms with Crippen molar-refractivity contribution in [3.8, 4) is 11.5 Å². The van der Waals surface area contributed by atoms with Crippen molar-refractivity contribution in [2.24, 2.45) is 0 Å². The molecule has 0 radical (unpaired) electrons. The molecule has 0 aliphatic carbocycles. The lowest BCUT2D eigenvalue weighted by Crippen LogP contribution is -2.47. The number of hydrogen-bond donors (Lipinski definition) is 1. The third kappa shape index (κ3) is 4.63. The number of pyridine rings is 1. The van der Waals surface area contributed by atoms with Crippen LogP contribution in [-0.4, -0.2) is 73.5 Å². The molecule has 2 heterocycles. The first-order valence-corrected chi connectivity index (χ1v) is 9.95. The van der Waals surface area contributed by atoms with E-state index in [9.17, 15) is 9.90 Å². The Morgan fingerprint density at radius 3 is 2.34 bits per heavy atom. The number of piperazine rings is 1. The lowest BCUT2D eigenvalue weighted by atomic mass is 9.96. The van der Waals surface area contributed by atoms with Gasteiger partial charge < -0.3 is 24.0 Å². The number of aromatic hydroxyl groups is 1. The number of ether oxygens (including phenoxy) is 2. The zero-order valence-electron chi connectivity index (χ0n) is 17.7. The van der Waals surface area contributed by atoms with Crippen molar-refractivity contribution in [1.29, 1.82) is 0 Å². The largest absolute Gasteiger partial charge is 0.507 e. The summed E-state index contributed by atoms with van der Waals surface area (Å²) in [7, 11) is 5.35. The third-order valence-electron chi connectivity index (χ3n) is 5.65. The summed E-state index contributed by atoms with van der Waals surface area (Å²) >= 11 is 0. The second-order valence-electron chi connectivity index (χ2n) is 7.55. The van der Waals surface area contributed by atoms with E-state index >= 15 is 0 Å². The molecule has 0 spiro atoms. The van der Waals surface area contributed by atoms with Crippen LogP contribution in [0.15, 0.2) is 35.1 Å². The molecule has 2 aromatic rings. The number of rotatable bonds is 7. The first kappa shape index (κ1) is 21.4. The standard InChI is InChI=1S/C22H31N3O4/c1-16-15-19(26)20(22(27)25(16)13-14-28-3)21(24-11-9-23(2)10-12-24)17-5-7-18(29-4)8-6-17/h5-8,15,21,26H,9-14H2,1-4H3/t21-/m1/s1. The summed E-state index contributed by atoms with van der Waals surface area (Å²) in [5.74, 6) is 0.803. The number of nitrogens with zero attached hydrogens (tertiary/aromatic N) is 3. The van der Waals surface area contributed by atoms with Crippen LogP contribution in [0, 0.1) is 6.92 Å². The van der Waals surface area contributed by atoms with E-state index in [2.05, 4.69) is 16.8 Å². The van der Waals surface area contributed by atoms with Gasteiger partial charge in [-0.1, -0.05) is 12.1 Å². The summed E-state index contributed by atoms with van der Waals surface area (Å²) in [6.07, 6.45) is 0. The van der Waals surface area contributed by atoms with Crippen molar-refractivity contribution in [2.45, 2.75) is 19.5 Å². The fraction of sp³-hybridized carbons (Fsp3) is 0.500. The minimum atomic E-state index is -0.323. The molecule has 0 saturated carbocycles. The molecule has 1 atom stereocenters.